The summed E-state index contributed by atoms with van der Waals surface area (Å²) in [7, 11) is 1.92. The summed E-state index contributed by atoms with van der Waals surface area (Å²) in [5.41, 5.74) is 2.46. The van der Waals surface area contributed by atoms with E-state index in [0.29, 0.717) is 29.4 Å². The van der Waals surface area contributed by atoms with E-state index in [2.05, 4.69) is 16.0 Å². The maximum Gasteiger partial charge on any atom is 0.326 e. The largest absolute Gasteiger partial charge is 0.457 e. The molecular weight excluding hydrogens is 490 g/mol. The molecule has 2 aromatic rings. The van der Waals surface area contributed by atoms with Crippen LogP contribution in [0.2, 0.25) is 0 Å². The zero-order valence-corrected chi connectivity index (χ0v) is 21.6. The quantitative estimate of drug-likeness (QED) is 0.479. The van der Waals surface area contributed by atoms with Gasteiger partial charge in [-0.05, 0) is 62.8 Å². The number of nitrogens with one attached hydrogen (secondary N) is 3. The van der Waals surface area contributed by atoms with Crippen molar-refractivity contribution in [3.8, 4) is 11.5 Å². The number of thioether (sulfide) groups is 1. The van der Waals surface area contributed by atoms with Crippen molar-refractivity contribution in [1.82, 2.24) is 20.9 Å². The van der Waals surface area contributed by atoms with Crippen LogP contribution in [0.25, 0.3) is 0 Å². The van der Waals surface area contributed by atoms with Gasteiger partial charge in [0.25, 0.3) is 5.91 Å². The Balaban J connectivity index is 1.25. The molecule has 0 saturated carbocycles. The van der Waals surface area contributed by atoms with Crippen molar-refractivity contribution < 1.29 is 19.4 Å². The highest BCUT2D eigenvalue weighted by atomic mass is 32.2. The van der Waals surface area contributed by atoms with E-state index in [-0.39, 0.29) is 35.3 Å². The van der Waals surface area contributed by atoms with E-state index in [1.165, 1.54) is 11.8 Å². The molecule has 6 rings (SSSR count). The third-order valence-corrected chi connectivity index (χ3v) is 8.90. The second-order valence-electron chi connectivity index (χ2n) is 10.1. The van der Waals surface area contributed by atoms with E-state index in [1.54, 1.807) is 0 Å². The van der Waals surface area contributed by atoms with Gasteiger partial charge in [0.15, 0.2) is 0 Å². The van der Waals surface area contributed by atoms with Gasteiger partial charge in [0.1, 0.15) is 11.5 Å². The first-order valence-electron chi connectivity index (χ1n) is 12.6. The topological polar surface area (TPSA) is 106 Å². The van der Waals surface area contributed by atoms with Gasteiger partial charge in [-0.2, -0.15) is 0 Å². The molecule has 0 spiro atoms. The summed E-state index contributed by atoms with van der Waals surface area (Å²) < 4.78 is 5.98. The van der Waals surface area contributed by atoms with Crippen molar-refractivity contribution in [1.29, 1.82) is 0 Å². The summed E-state index contributed by atoms with van der Waals surface area (Å²) in [6.45, 7) is 3.86. The van der Waals surface area contributed by atoms with Crippen LogP contribution in [0, 0.1) is 12.8 Å². The van der Waals surface area contributed by atoms with Gasteiger partial charge in [0.2, 0.25) is 0 Å². The van der Waals surface area contributed by atoms with Crippen molar-refractivity contribution in [3.63, 3.8) is 0 Å². The summed E-state index contributed by atoms with van der Waals surface area (Å²) in [4.78, 5) is 31.2. The number of para-hydroxylation sites is 1. The summed E-state index contributed by atoms with van der Waals surface area (Å²) in [5.74, 6) is 1.20. The van der Waals surface area contributed by atoms with E-state index in [4.69, 9.17) is 4.74 Å². The van der Waals surface area contributed by atoms with Crippen LogP contribution < -0.4 is 25.6 Å². The molecule has 5 atom stereocenters. The number of benzene rings is 2. The smallest absolute Gasteiger partial charge is 0.326 e. The Bertz CT molecular complexity index is 1250. The van der Waals surface area contributed by atoms with Crippen LogP contribution in [0.1, 0.15) is 12.0 Å². The molecule has 3 fully saturated rings. The maximum absolute atomic E-state index is 13.5. The van der Waals surface area contributed by atoms with Gasteiger partial charge in [-0.3, -0.25) is 9.69 Å². The van der Waals surface area contributed by atoms with E-state index in [9.17, 15) is 14.7 Å². The average molecular weight is 522 g/mol. The predicted molar refractivity (Wildman–Crippen MR) is 142 cm³/mol. The maximum atomic E-state index is 13.5. The number of likely N-dealkylation sites (N-methyl/N-ethyl adjacent to an activating group) is 1. The number of urea groups is 1. The predicted octanol–water partition coefficient (Wildman–Crippen LogP) is 2.37. The first-order valence-corrected chi connectivity index (χ1v) is 13.5. The number of aliphatic hydroxyl groups is 1. The number of likely N-dealkylation sites (tertiary alicyclic amines) is 1. The molecular formula is C27H31N5O4S. The van der Waals surface area contributed by atoms with Crippen molar-refractivity contribution in [2.45, 2.75) is 36.9 Å². The minimum absolute atomic E-state index is 0.00484. The number of hydrogen-bond acceptors (Lipinski definition) is 7. The number of β-amino-alcohol motifs (C(OH)–C–C–N with tert-alkyl or cyclic N) is 1. The average Bonchev–Trinajstić information content (AvgIpc) is 3.40. The molecule has 0 bridgehead atoms. The van der Waals surface area contributed by atoms with Crippen molar-refractivity contribution in [3.05, 3.63) is 64.7 Å². The first-order chi connectivity index (χ1) is 17.9. The number of aliphatic hydroxyl groups excluding tert-OH is 1. The van der Waals surface area contributed by atoms with Crippen molar-refractivity contribution in [2.75, 3.05) is 31.6 Å². The van der Waals surface area contributed by atoms with Crippen LogP contribution in [0.15, 0.2) is 59.1 Å². The molecule has 3 amide bonds. The Kier molecular flexibility index (Phi) is 6.36. The molecule has 4 heterocycles. The molecule has 0 radical (unpaired) electrons. The van der Waals surface area contributed by atoms with E-state index >= 15 is 0 Å². The minimum Gasteiger partial charge on any atom is -0.457 e. The molecule has 3 unspecified atom stereocenters. The third kappa shape index (κ3) is 4.48. The van der Waals surface area contributed by atoms with Crippen molar-refractivity contribution in [2.24, 2.45) is 5.92 Å². The second-order valence-corrected chi connectivity index (χ2v) is 11.3. The zero-order valence-electron chi connectivity index (χ0n) is 20.8. The van der Waals surface area contributed by atoms with E-state index in [0.717, 1.165) is 30.0 Å². The van der Waals surface area contributed by atoms with Crippen molar-refractivity contribution >= 4 is 29.4 Å². The van der Waals surface area contributed by atoms with Gasteiger partial charge in [-0.15, -0.1) is 0 Å². The summed E-state index contributed by atoms with van der Waals surface area (Å²) >= 11 is 1.47. The molecule has 4 aliphatic heterocycles. The van der Waals surface area contributed by atoms with Crippen LogP contribution in [-0.2, 0) is 4.79 Å². The number of rotatable bonds is 5. The number of hydrogen-bond donors (Lipinski definition) is 4. The molecule has 9 nitrogen and oxygen atoms in total. The molecule has 0 aromatic heterocycles. The zero-order chi connectivity index (χ0) is 25.7. The highest BCUT2D eigenvalue weighted by Crippen LogP contribution is 2.48. The van der Waals surface area contributed by atoms with Crippen LogP contribution in [0.5, 0.6) is 11.5 Å². The number of aryl methyl sites for hydroxylation is 1. The first kappa shape index (κ1) is 24.3. The molecule has 4 N–H and O–H groups in total. The molecule has 37 heavy (non-hydrogen) atoms. The van der Waals surface area contributed by atoms with Gasteiger partial charge >= 0.3 is 6.03 Å². The Labute approximate surface area is 220 Å². The van der Waals surface area contributed by atoms with Gasteiger partial charge in [0, 0.05) is 30.4 Å². The van der Waals surface area contributed by atoms with Crippen LogP contribution in [-0.4, -0.2) is 72.2 Å². The number of anilines is 1. The van der Waals surface area contributed by atoms with Crippen LogP contribution in [0.3, 0.4) is 0 Å². The van der Waals surface area contributed by atoms with E-state index < -0.39 is 6.10 Å². The van der Waals surface area contributed by atoms with Crippen LogP contribution in [0.4, 0.5) is 10.5 Å². The number of carbonyl (C=O) groups is 2. The number of nitrogens with zero attached hydrogens (tertiary/aromatic N) is 2. The third-order valence-electron chi connectivity index (χ3n) is 7.54. The molecule has 10 heteroatoms. The molecule has 2 aromatic carbocycles. The monoisotopic (exact) mass is 521 g/mol. The fraction of sp³-hybridized carbons (Fsp3) is 0.407. The fourth-order valence-electron chi connectivity index (χ4n) is 5.84. The fourth-order valence-corrected chi connectivity index (χ4v) is 7.24. The lowest BCUT2D eigenvalue weighted by atomic mass is 9.86. The minimum atomic E-state index is -0.604. The summed E-state index contributed by atoms with van der Waals surface area (Å²) in [6, 6.07) is 14.7. The number of amides is 3. The summed E-state index contributed by atoms with van der Waals surface area (Å²) in [5, 5.41) is 19.9. The van der Waals surface area contributed by atoms with E-state index in [1.807, 2.05) is 72.3 Å². The normalized spacial score (nSPS) is 29.2. The van der Waals surface area contributed by atoms with Crippen LogP contribution >= 0.6 is 11.8 Å². The van der Waals surface area contributed by atoms with Gasteiger partial charge in [-0.25, -0.2) is 4.79 Å². The summed E-state index contributed by atoms with van der Waals surface area (Å²) in [6.07, 6.45) is 0.175. The lowest BCUT2D eigenvalue weighted by Crippen LogP contribution is -2.62. The highest BCUT2D eigenvalue weighted by molar-refractivity contribution is 8.04. The number of piperidine rings is 1. The Morgan fingerprint density at radius 3 is 2.70 bits per heavy atom. The van der Waals surface area contributed by atoms with Gasteiger partial charge in [-0.1, -0.05) is 30.0 Å². The Hall–Kier alpha value is -3.05. The molecule has 4 aliphatic rings. The molecule has 0 aliphatic carbocycles. The lowest BCUT2D eigenvalue weighted by molar-refractivity contribution is -0.118. The molecule has 3 saturated heterocycles. The Morgan fingerprint density at radius 2 is 1.97 bits per heavy atom. The lowest BCUT2D eigenvalue weighted by Gasteiger charge is -2.46. The van der Waals surface area contributed by atoms with Gasteiger partial charge < -0.3 is 30.7 Å². The standard InChI is InChI=1S/C27H31N5O4S/c1-15-12-17(36-16-6-4-3-5-7-16)8-9-19(15)32-20-10-11-28-26-22(20)23(30-27(32)35)24(37-26)25(34)29-18-13-31(2)14-21(18)33/h3-9,12,18,20-22,26,28,33H,10-11,13-14H2,1-2H3,(H,29,34)(H,30,35)/t18-,20?,21-,22?,26?/m0/s1. The number of carbonyl (C=O) groups excluding carboxylic acids is 2. The second kappa shape index (κ2) is 9.68. The number of ether oxygens (including phenoxy) is 1. The SMILES string of the molecule is Cc1cc(Oc2ccccc2)ccc1N1C(=O)NC2=C(C(=O)N[C@H]3CN(C)C[C@@H]3O)SC3NCCC1C23. The Morgan fingerprint density at radius 1 is 1.16 bits per heavy atom. The molecule has 194 valence electrons. The van der Waals surface area contributed by atoms with Gasteiger partial charge in [0.05, 0.1) is 28.5 Å². The highest BCUT2D eigenvalue weighted by Gasteiger charge is 2.52.